The molecule has 3 N–H and O–H groups in total. The molecule has 0 aliphatic rings. The normalized spacial score (nSPS) is 10.6. The standard InChI is InChI=1S/C14H13N5/c1-9-6-12(10-4-2-3-5-11(10)18-9)19-14-7-13(15)16-8-17-14/h2-8H,1H3,(H3,15,16,17,18,19). The SMILES string of the molecule is Cc1cc(Nc2cc(N)ncn2)c2ccccc2n1. The second kappa shape index (κ2) is 4.53. The van der Waals surface area contributed by atoms with Crippen LogP contribution in [-0.4, -0.2) is 15.0 Å². The summed E-state index contributed by atoms with van der Waals surface area (Å²) < 4.78 is 0. The van der Waals surface area contributed by atoms with Crippen molar-refractivity contribution in [3.05, 3.63) is 48.4 Å². The highest BCUT2D eigenvalue weighted by atomic mass is 15.0. The van der Waals surface area contributed by atoms with Crippen LogP contribution in [0.4, 0.5) is 17.3 Å². The average Bonchev–Trinajstić information content (AvgIpc) is 2.38. The molecule has 94 valence electrons. The molecule has 2 heterocycles. The Bertz CT molecular complexity index is 739. The molecule has 0 atom stereocenters. The van der Waals surface area contributed by atoms with Crippen molar-refractivity contribution in [2.75, 3.05) is 11.1 Å². The van der Waals surface area contributed by atoms with Crippen molar-refractivity contribution in [3.8, 4) is 0 Å². The fourth-order valence-corrected chi connectivity index (χ4v) is 1.99. The smallest absolute Gasteiger partial charge is 0.135 e. The molecule has 0 aliphatic heterocycles. The molecule has 5 nitrogen and oxygen atoms in total. The molecular weight excluding hydrogens is 238 g/mol. The fourth-order valence-electron chi connectivity index (χ4n) is 1.99. The summed E-state index contributed by atoms with van der Waals surface area (Å²) in [5.41, 5.74) is 8.51. The third-order valence-electron chi connectivity index (χ3n) is 2.80. The Morgan fingerprint density at radius 3 is 2.79 bits per heavy atom. The largest absolute Gasteiger partial charge is 0.384 e. The number of hydrogen-bond donors (Lipinski definition) is 2. The summed E-state index contributed by atoms with van der Waals surface area (Å²) in [7, 11) is 0. The van der Waals surface area contributed by atoms with Crippen LogP contribution in [-0.2, 0) is 0 Å². The number of aryl methyl sites for hydroxylation is 1. The van der Waals surface area contributed by atoms with Crippen molar-refractivity contribution in [1.82, 2.24) is 15.0 Å². The van der Waals surface area contributed by atoms with Crippen molar-refractivity contribution < 1.29 is 0 Å². The molecule has 2 aromatic heterocycles. The molecule has 0 aliphatic carbocycles. The number of rotatable bonds is 2. The van der Waals surface area contributed by atoms with Gasteiger partial charge in [0, 0.05) is 17.1 Å². The Labute approximate surface area is 110 Å². The highest BCUT2D eigenvalue weighted by Gasteiger charge is 2.04. The predicted molar refractivity (Wildman–Crippen MR) is 76.2 cm³/mol. The van der Waals surface area contributed by atoms with Gasteiger partial charge < -0.3 is 11.1 Å². The van der Waals surface area contributed by atoms with Gasteiger partial charge in [-0.1, -0.05) is 18.2 Å². The minimum absolute atomic E-state index is 0.438. The Morgan fingerprint density at radius 2 is 1.95 bits per heavy atom. The number of fused-ring (bicyclic) bond motifs is 1. The first-order valence-electron chi connectivity index (χ1n) is 5.93. The zero-order valence-corrected chi connectivity index (χ0v) is 10.5. The molecule has 0 saturated heterocycles. The molecule has 19 heavy (non-hydrogen) atoms. The summed E-state index contributed by atoms with van der Waals surface area (Å²) in [6, 6.07) is 11.7. The van der Waals surface area contributed by atoms with Gasteiger partial charge in [-0.15, -0.1) is 0 Å². The topological polar surface area (TPSA) is 76.7 Å². The second-order valence-electron chi connectivity index (χ2n) is 4.28. The lowest BCUT2D eigenvalue weighted by Crippen LogP contribution is -1.99. The number of pyridine rings is 1. The maximum Gasteiger partial charge on any atom is 0.135 e. The lowest BCUT2D eigenvalue weighted by Gasteiger charge is -2.10. The Morgan fingerprint density at radius 1 is 1.11 bits per heavy atom. The van der Waals surface area contributed by atoms with Gasteiger partial charge in [0.2, 0.25) is 0 Å². The average molecular weight is 251 g/mol. The maximum atomic E-state index is 5.65. The summed E-state index contributed by atoms with van der Waals surface area (Å²) in [6.45, 7) is 1.96. The van der Waals surface area contributed by atoms with Crippen LogP contribution in [0.1, 0.15) is 5.69 Å². The summed E-state index contributed by atoms with van der Waals surface area (Å²) in [6.07, 6.45) is 1.44. The van der Waals surface area contributed by atoms with Gasteiger partial charge in [0.15, 0.2) is 0 Å². The second-order valence-corrected chi connectivity index (χ2v) is 4.28. The summed E-state index contributed by atoms with van der Waals surface area (Å²) >= 11 is 0. The number of benzene rings is 1. The number of anilines is 3. The number of nitrogens with two attached hydrogens (primary N) is 1. The molecule has 5 heteroatoms. The van der Waals surface area contributed by atoms with Gasteiger partial charge in [0.25, 0.3) is 0 Å². The molecule has 0 bridgehead atoms. The van der Waals surface area contributed by atoms with Crippen molar-refractivity contribution in [2.24, 2.45) is 0 Å². The van der Waals surface area contributed by atoms with Crippen molar-refractivity contribution >= 4 is 28.2 Å². The minimum Gasteiger partial charge on any atom is -0.384 e. The summed E-state index contributed by atoms with van der Waals surface area (Å²) in [5.74, 6) is 1.11. The number of nitrogens with zero attached hydrogens (tertiary/aromatic N) is 3. The molecule has 0 unspecified atom stereocenters. The van der Waals surface area contributed by atoms with Crippen molar-refractivity contribution in [3.63, 3.8) is 0 Å². The Hall–Kier alpha value is -2.69. The maximum absolute atomic E-state index is 5.65. The van der Waals surface area contributed by atoms with E-state index < -0.39 is 0 Å². The Kier molecular flexibility index (Phi) is 2.72. The van der Waals surface area contributed by atoms with E-state index in [1.807, 2.05) is 37.3 Å². The summed E-state index contributed by atoms with van der Waals surface area (Å²) in [4.78, 5) is 12.5. The third kappa shape index (κ3) is 2.30. The first-order chi connectivity index (χ1) is 9.22. The highest BCUT2D eigenvalue weighted by Crippen LogP contribution is 2.25. The number of aromatic nitrogens is 3. The molecule has 0 saturated carbocycles. The lowest BCUT2D eigenvalue weighted by molar-refractivity contribution is 1.17. The van der Waals surface area contributed by atoms with E-state index in [9.17, 15) is 0 Å². The van der Waals surface area contributed by atoms with Crippen LogP contribution in [0.15, 0.2) is 42.7 Å². The number of nitrogens with one attached hydrogen (secondary N) is 1. The van der Waals surface area contributed by atoms with E-state index in [-0.39, 0.29) is 0 Å². The number of nitrogen functional groups attached to an aromatic ring is 1. The van der Waals surface area contributed by atoms with Gasteiger partial charge in [0.1, 0.15) is 18.0 Å². The molecule has 0 radical (unpaired) electrons. The number of hydrogen-bond acceptors (Lipinski definition) is 5. The van der Waals surface area contributed by atoms with E-state index >= 15 is 0 Å². The van der Waals surface area contributed by atoms with Crippen LogP contribution in [0.5, 0.6) is 0 Å². The van der Waals surface area contributed by atoms with Gasteiger partial charge in [-0.25, -0.2) is 9.97 Å². The van der Waals surface area contributed by atoms with E-state index in [1.54, 1.807) is 6.07 Å². The fraction of sp³-hybridized carbons (Fsp3) is 0.0714. The zero-order chi connectivity index (χ0) is 13.2. The van der Waals surface area contributed by atoms with Gasteiger partial charge >= 0.3 is 0 Å². The zero-order valence-electron chi connectivity index (χ0n) is 10.5. The molecule has 0 spiro atoms. The van der Waals surface area contributed by atoms with Gasteiger partial charge in [0.05, 0.1) is 11.2 Å². The quantitative estimate of drug-likeness (QED) is 0.732. The molecule has 3 aromatic rings. The van der Waals surface area contributed by atoms with Crippen LogP contribution in [0, 0.1) is 6.92 Å². The van der Waals surface area contributed by atoms with Gasteiger partial charge in [-0.3, -0.25) is 4.98 Å². The van der Waals surface area contributed by atoms with Crippen LogP contribution in [0.3, 0.4) is 0 Å². The van der Waals surface area contributed by atoms with Crippen molar-refractivity contribution in [2.45, 2.75) is 6.92 Å². The first kappa shape index (κ1) is 11.4. The minimum atomic E-state index is 0.438. The molecule has 1 aromatic carbocycles. The molecular formula is C14H13N5. The van der Waals surface area contributed by atoms with E-state index in [0.29, 0.717) is 11.6 Å². The monoisotopic (exact) mass is 251 g/mol. The van der Waals surface area contributed by atoms with Crippen LogP contribution >= 0.6 is 0 Å². The molecule has 0 amide bonds. The van der Waals surface area contributed by atoms with E-state index in [0.717, 1.165) is 22.3 Å². The molecule has 3 rings (SSSR count). The van der Waals surface area contributed by atoms with E-state index in [1.165, 1.54) is 6.33 Å². The van der Waals surface area contributed by atoms with Crippen LogP contribution in [0.2, 0.25) is 0 Å². The third-order valence-corrected chi connectivity index (χ3v) is 2.80. The van der Waals surface area contributed by atoms with Crippen LogP contribution in [0.25, 0.3) is 10.9 Å². The highest BCUT2D eigenvalue weighted by molar-refractivity contribution is 5.92. The summed E-state index contributed by atoms with van der Waals surface area (Å²) in [5, 5.41) is 4.30. The van der Waals surface area contributed by atoms with Gasteiger partial charge in [-0.05, 0) is 19.1 Å². The van der Waals surface area contributed by atoms with Crippen LogP contribution < -0.4 is 11.1 Å². The Balaban J connectivity index is 2.09. The predicted octanol–water partition coefficient (Wildman–Crippen LogP) is 2.66. The lowest BCUT2D eigenvalue weighted by atomic mass is 10.1. The van der Waals surface area contributed by atoms with E-state index in [4.69, 9.17) is 5.73 Å². The first-order valence-corrected chi connectivity index (χ1v) is 5.93. The van der Waals surface area contributed by atoms with Crippen molar-refractivity contribution in [1.29, 1.82) is 0 Å². The number of para-hydroxylation sites is 1. The van der Waals surface area contributed by atoms with Gasteiger partial charge in [-0.2, -0.15) is 0 Å². The van der Waals surface area contributed by atoms with E-state index in [2.05, 4.69) is 20.3 Å². The molecule has 0 fully saturated rings.